The lowest BCUT2D eigenvalue weighted by Gasteiger charge is -2.32. The van der Waals surface area contributed by atoms with Gasteiger partial charge in [-0.2, -0.15) is 13.2 Å². The lowest BCUT2D eigenvalue weighted by Crippen LogP contribution is -2.40. The van der Waals surface area contributed by atoms with E-state index in [2.05, 4.69) is 10.2 Å². The monoisotopic (exact) mass is 418 g/mol. The molecule has 6 nitrogen and oxygen atoms in total. The van der Waals surface area contributed by atoms with E-state index in [4.69, 9.17) is 4.74 Å². The quantitative estimate of drug-likeness (QED) is 0.648. The van der Waals surface area contributed by atoms with Gasteiger partial charge in [-0.05, 0) is 42.7 Å². The van der Waals surface area contributed by atoms with Gasteiger partial charge >= 0.3 is 6.18 Å². The number of benzene rings is 1. The highest BCUT2D eigenvalue weighted by Crippen LogP contribution is 2.31. The van der Waals surface area contributed by atoms with Crippen molar-refractivity contribution in [1.29, 1.82) is 0 Å². The van der Waals surface area contributed by atoms with E-state index in [0.717, 1.165) is 30.7 Å². The average molecular weight is 418 g/mol. The lowest BCUT2D eigenvalue weighted by atomic mass is 9.96. The van der Waals surface area contributed by atoms with Crippen LogP contribution in [0.3, 0.4) is 0 Å². The highest BCUT2D eigenvalue weighted by molar-refractivity contribution is 5.79. The van der Waals surface area contributed by atoms with Gasteiger partial charge in [-0.1, -0.05) is 12.1 Å². The molecule has 1 atom stereocenters. The molecule has 0 saturated carbocycles. The van der Waals surface area contributed by atoms with Crippen LogP contribution in [0.4, 0.5) is 13.2 Å². The first kappa shape index (κ1) is 20.2. The third-order valence-electron chi connectivity index (χ3n) is 5.38. The first-order valence-electron chi connectivity index (χ1n) is 9.68. The fraction of sp³-hybridized carbons (Fsp3) is 0.381. The van der Waals surface area contributed by atoms with E-state index in [9.17, 15) is 18.0 Å². The molecule has 1 unspecified atom stereocenters. The number of amides is 1. The molecule has 1 saturated heterocycles. The second-order valence-electron chi connectivity index (χ2n) is 7.41. The van der Waals surface area contributed by atoms with Crippen molar-refractivity contribution in [3.8, 4) is 5.75 Å². The number of halogens is 3. The maximum absolute atomic E-state index is 13.1. The number of ether oxygens (including phenoxy) is 1. The summed E-state index contributed by atoms with van der Waals surface area (Å²) in [7, 11) is 1.57. The second kappa shape index (κ2) is 7.97. The summed E-state index contributed by atoms with van der Waals surface area (Å²) in [6.45, 7) is 1.02. The molecule has 1 fully saturated rings. The van der Waals surface area contributed by atoms with Crippen LogP contribution >= 0.6 is 0 Å². The van der Waals surface area contributed by atoms with Crippen LogP contribution in [0.25, 0.3) is 5.65 Å². The van der Waals surface area contributed by atoms with Crippen molar-refractivity contribution in [2.24, 2.45) is 0 Å². The van der Waals surface area contributed by atoms with Gasteiger partial charge in [0.1, 0.15) is 11.6 Å². The maximum Gasteiger partial charge on any atom is 0.417 e. The van der Waals surface area contributed by atoms with Gasteiger partial charge in [-0.3, -0.25) is 9.20 Å². The van der Waals surface area contributed by atoms with E-state index in [-0.39, 0.29) is 18.2 Å². The first-order chi connectivity index (χ1) is 14.3. The minimum Gasteiger partial charge on any atom is -0.497 e. The Hall–Kier alpha value is -3.10. The Balaban J connectivity index is 1.53. The van der Waals surface area contributed by atoms with Crippen molar-refractivity contribution < 1.29 is 22.7 Å². The van der Waals surface area contributed by atoms with Crippen LogP contribution in [0.15, 0.2) is 42.6 Å². The van der Waals surface area contributed by atoms with Crippen molar-refractivity contribution in [3.05, 3.63) is 59.5 Å². The maximum atomic E-state index is 13.1. The van der Waals surface area contributed by atoms with Crippen molar-refractivity contribution >= 4 is 11.6 Å². The van der Waals surface area contributed by atoms with Crippen molar-refractivity contribution in [3.63, 3.8) is 0 Å². The van der Waals surface area contributed by atoms with Gasteiger partial charge in [-0.25, -0.2) is 0 Å². The molecular weight excluding hydrogens is 397 g/mol. The Kier molecular flexibility index (Phi) is 5.36. The standard InChI is InChI=1S/C21H21F3N4O2/c1-30-17-6-2-4-14(10-17)11-19(29)27-9-3-5-15(12-27)20-26-25-18-8-7-16(13-28(18)20)21(22,23)24/h2,4,6-8,10,13,15H,3,5,9,11-12H2,1H3. The van der Waals surface area contributed by atoms with Gasteiger partial charge in [0, 0.05) is 25.2 Å². The molecular formula is C21H21F3N4O2. The zero-order valence-corrected chi connectivity index (χ0v) is 16.4. The Morgan fingerprint density at radius 1 is 1.23 bits per heavy atom. The predicted octanol–water partition coefficient (Wildman–Crippen LogP) is 3.71. The molecule has 1 aromatic carbocycles. The van der Waals surface area contributed by atoms with Crippen molar-refractivity contribution in [1.82, 2.24) is 19.5 Å². The number of hydrogen-bond acceptors (Lipinski definition) is 4. The molecule has 9 heteroatoms. The molecule has 1 amide bonds. The van der Waals surface area contributed by atoms with Gasteiger partial charge in [0.15, 0.2) is 5.65 Å². The smallest absolute Gasteiger partial charge is 0.417 e. The Morgan fingerprint density at radius 2 is 2.07 bits per heavy atom. The Labute approximate surface area is 171 Å². The van der Waals surface area contributed by atoms with Gasteiger partial charge < -0.3 is 9.64 Å². The molecule has 30 heavy (non-hydrogen) atoms. The topological polar surface area (TPSA) is 59.7 Å². The predicted molar refractivity (Wildman–Crippen MR) is 103 cm³/mol. The molecule has 158 valence electrons. The number of carbonyl (C=O) groups excluding carboxylic acids is 1. The van der Waals surface area contributed by atoms with Gasteiger partial charge in [0.05, 0.1) is 19.1 Å². The zero-order chi connectivity index (χ0) is 21.3. The van der Waals surface area contributed by atoms with Gasteiger partial charge in [0.25, 0.3) is 0 Å². The molecule has 4 rings (SSSR count). The number of methoxy groups -OCH3 is 1. The fourth-order valence-electron chi connectivity index (χ4n) is 3.84. The summed E-state index contributed by atoms with van der Waals surface area (Å²) in [5.74, 6) is 0.937. The van der Waals surface area contributed by atoms with Crippen LogP contribution in [0.2, 0.25) is 0 Å². The largest absolute Gasteiger partial charge is 0.497 e. The molecule has 0 bridgehead atoms. The number of alkyl halides is 3. The number of nitrogens with zero attached hydrogens (tertiary/aromatic N) is 4. The van der Waals surface area contributed by atoms with E-state index in [0.29, 0.717) is 30.3 Å². The first-order valence-corrected chi connectivity index (χ1v) is 9.68. The zero-order valence-electron chi connectivity index (χ0n) is 16.4. The summed E-state index contributed by atoms with van der Waals surface area (Å²) in [5.41, 5.74) is 0.458. The summed E-state index contributed by atoms with van der Waals surface area (Å²) in [4.78, 5) is 14.6. The molecule has 3 heterocycles. The summed E-state index contributed by atoms with van der Waals surface area (Å²) < 4.78 is 45.9. The number of hydrogen-bond donors (Lipinski definition) is 0. The summed E-state index contributed by atoms with van der Waals surface area (Å²) in [6, 6.07) is 9.65. The molecule has 0 N–H and O–H groups in total. The van der Waals surface area contributed by atoms with Crippen LogP contribution in [-0.4, -0.2) is 45.6 Å². The SMILES string of the molecule is COc1cccc(CC(=O)N2CCCC(c3nnc4ccc(C(F)(F)F)cn34)C2)c1. The summed E-state index contributed by atoms with van der Waals surface area (Å²) >= 11 is 0. The number of aromatic nitrogens is 3. The Bertz CT molecular complexity index is 1060. The van der Waals surface area contributed by atoms with Crippen molar-refractivity contribution in [2.75, 3.05) is 20.2 Å². The lowest BCUT2D eigenvalue weighted by molar-refractivity contribution is -0.137. The fourth-order valence-corrected chi connectivity index (χ4v) is 3.84. The van der Waals surface area contributed by atoms with E-state index >= 15 is 0 Å². The molecule has 0 radical (unpaired) electrons. The number of carbonyl (C=O) groups is 1. The third-order valence-corrected chi connectivity index (χ3v) is 5.38. The highest BCUT2D eigenvalue weighted by Gasteiger charge is 2.32. The van der Waals surface area contributed by atoms with E-state index in [1.165, 1.54) is 10.5 Å². The minimum atomic E-state index is -4.44. The van der Waals surface area contributed by atoms with Gasteiger partial charge in [0.2, 0.25) is 5.91 Å². The molecule has 0 spiro atoms. The van der Waals surface area contributed by atoms with E-state index in [1.807, 2.05) is 24.3 Å². The number of fused-ring (bicyclic) bond motifs is 1. The average Bonchev–Trinajstić information content (AvgIpc) is 3.16. The number of pyridine rings is 1. The molecule has 1 aliphatic rings. The van der Waals surface area contributed by atoms with Crippen LogP contribution in [0.1, 0.15) is 35.7 Å². The Morgan fingerprint density at radius 3 is 2.83 bits per heavy atom. The van der Waals surface area contributed by atoms with Crippen molar-refractivity contribution in [2.45, 2.75) is 31.4 Å². The molecule has 1 aliphatic heterocycles. The molecule has 2 aromatic heterocycles. The van der Waals surface area contributed by atoms with Crippen LogP contribution in [0, 0.1) is 0 Å². The van der Waals surface area contributed by atoms with Gasteiger partial charge in [-0.15, -0.1) is 10.2 Å². The summed E-state index contributed by atoms with van der Waals surface area (Å²) in [5, 5.41) is 8.14. The van der Waals surface area contributed by atoms with E-state index in [1.54, 1.807) is 12.0 Å². The van der Waals surface area contributed by atoms with Crippen LogP contribution in [0.5, 0.6) is 5.75 Å². The molecule has 3 aromatic rings. The third kappa shape index (κ3) is 4.10. The van der Waals surface area contributed by atoms with Crippen LogP contribution in [-0.2, 0) is 17.4 Å². The number of rotatable bonds is 4. The minimum absolute atomic E-state index is 0.0299. The highest BCUT2D eigenvalue weighted by atomic mass is 19.4. The van der Waals surface area contributed by atoms with Crippen LogP contribution < -0.4 is 4.74 Å². The summed E-state index contributed by atoms with van der Waals surface area (Å²) in [6.07, 6.45) is -1.69. The number of likely N-dealkylation sites (tertiary alicyclic amines) is 1. The van der Waals surface area contributed by atoms with E-state index < -0.39 is 11.7 Å². The number of piperidine rings is 1. The second-order valence-corrected chi connectivity index (χ2v) is 7.41. The molecule has 0 aliphatic carbocycles. The normalized spacial score (nSPS) is 17.3.